The minimum atomic E-state index is 0.557. The third-order valence-corrected chi connectivity index (χ3v) is 4.86. The average molecular weight is 249 g/mol. The van der Waals surface area contributed by atoms with Crippen LogP contribution < -0.4 is 5.32 Å². The average Bonchev–Trinajstić information content (AvgIpc) is 2.30. The molecule has 1 nitrogen and oxygen atoms in total. The summed E-state index contributed by atoms with van der Waals surface area (Å²) in [5.74, 6) is 0. The van der Waals surface area contributed by atoms with Crippen molar-refractivity contribution in [1.82, 2.24) is 5.32 Å². The normalized spacial score (nSPS) is 23.5. The molecule has 1 aromatic rings. The van der Waals surface area contributed by atoms with Gasteiger partial charge in [-0.15, -0.1) is 11.8 Å². The van der Waals surface area contributed by atoms with E-state index < -0.39 is 0 Å². The largest absolute Gasteiger partial charge is 0.310 e. The van der Waals surface area contributed by atoms with Crippen molar-refractivity contribution in [2.45, 2.75) is 56.7 Å². The minimum absolute atomic E-state index is 0.557. The minimum Gasteiger partial charge on any atom is -0.310 e. The first-order valence-electron chi connectivity index (χ1n) is 6.63. The van der Waals surface area contributed by atoms with Gasteiger partial charge in [-0.1, -0.05) is 26.0 Å². The summed E-state index contributed by atoms with van der Waals surface area (Å²) in [6, 6.07) is 5.09. The van der Waals surface area contributed by atoms with Gasteiger partial charge in [-0.25, -0.2) is 0 Å². The molecule has 0 amide bonds. The number of thioether (sulfide) groups is 1. The Hall–Kier alpha value is -0.470. The topological polar surface area (TPSA) is 12.0 Å². The molecule has 0 saturated heterocycles. The van der Waals surface area contributed by atoms with Crippen molar-refractivity contribution >= 4 is 11.8 Å². The van der Waals surface area contributed by atoms with E-state index >= 15 is 0 Å². The van der Waals surface area contributed by atoms with Crippen LogP contribution in [0.25, 0.3) is 0 Å². The molecule has 94 valence electrons. The zero-order valence-corrected chi connectivity index (χ0v) is 12.2. The first-order chi connectivity index (χ1) is 8.13. The second kappa shape index (κ2) is 5.45. The zero-order valence-electron chi connectivity index (χ0n) is 11.3. The van der Waals surface area contributed by atoms with E-state index in [2.05, 4.69) is 45.1 Å². The quantitative estimate of drug-likeness (QED) is 0.860. The van der Waals surface area contributed by atoms with Crippen LogP contribution in [0.1, 0.15) is 49.4 Å². The van der Waals surface area contributed by atoms with Crippen LogP contribution in [-0.4, -0.2) is 11.8 Å². The van der Waals surface area contributed by atoms with Gasteiger partial charge in [-0.05, 0) is 49.9 Å². The standard InChI is InChI=1S/C15H23NS/c1-5-8-16-13-9-12(4)17-15-11(3)7-6-10(2)14(13)15/h6-7,12-13,16H,5,8-9H2,1-4H3. The van der Waals surface area contributed by atoms with Crippen LogP contribution in [-0.2, 0) is 0 Å². The monoisotopic (exact) mass is 249 g/mol. The molecule has 1 aliphatic heterocycles. The van der Waals surface area contributed by atoms with Gasteiger partial charge >= 0.3 is 0 Å². The maximum absolute atomic E-state index is 3.71. The van der Waals surface area contributed by atoms with Crippen molar-refractivity contribution in [1.29, 1.82) is 0 Å². The molecule has 1 N–H and O–H groups in total. The lowest BCUT2D eigenvalue weighted by atomic mass is 9.94. The molecule has 1 aliphatic rings. The molecule has 0 radical (unpaired) electrons. The molecule has 0 aliphatic carbocycles. The van der Waals surface area contributed by atoms with E-state index in [1.165, 1.54) is 28.9 Å². The molecule has 17 heavy (non-hydrogen) atoms. The summed E-state index contributed by atoms with van der Waals surface area (Å²) in [6.07, 6.45) is 2.46. The van der Waals surface area contributed by atoms with Gasteiger partial charge in [0.05, 0.1) is 0 Å². The SMILES string of the molecule is CCCNC1CC(C)Sc2c(C)ccc(C)c21. The lowest BCUT2D eigenvalue weighted by Gasteiger charge is -2.32. The van der Waals surface area contributed by atoms with Crippen LogP contribution in [0, 0.1) is 13.8 Å². The Labute approximate surface area is 109 Å². The Bertz CT molecular complexity index is 400. The Kier molecular flexibility index (Phi) is 4.16. The smallest absolute Gasteiger partial charge is 0.0344 e. The van der Waals surface area contributed by atoms with E-state index in [1.54, 1.807) is 5.56 Å². The number of hydrogen-bond acceptors (Lipinski definition) is 2. The number of aryl methyl sites for hydroxylation is 2. The molecule has 2 atom stereocenters. The van der Waals surface area contributed by atoms with Crippen molar-refractivity contribution in [3.8, 4) is 0 Å². The molecule has 0 aromatic heterocycles. The van der Waals surface area contributed by atoms with E-state index in [0.717, 1.165) is 11.8 Å². The van der Waals surface area contributed by atoms with Gasteiger partial charge < -0.3 is 5.32 Å². The van der Waals surface area contributed by atoms with Crippen LogP contribution in [0.4, 0.5) is 0 Å². The highest BCUT2D eigenvalue weighted by Crippen LogP contribution is 2.43. The predicted molar refractivity (Wildman–Crippen MR) is 76.9 cm³/mol. The van der Waals surface area contributed by atoms with Crippen molar-refractivity contribution in [3.63, 3.8) is 0 Å². The molecule has 2 rings (SSSR count). The van der Waals surface area contributed by atoms with E-state index in [-0.39, 0.29) is 0 Å². The van der Waals surface area contributed by atoms with Gasteiger partial charge in [0.25, 0.3) is 0 Å². The number of rotatable bonds is 3. The predicted octanol–water partition coefficient (Wildman–Crippen LogP) is 4.23. The maximum atomic E-state index is 3.71. The second-order valence-corrected chi connectivity index (χ2v) is 6.56. The highest BCUT2D eigenvalue weighted by molar-refractivity contribution is 8.00. The van der Waals surface area contributed by atoms with Crippen LogP contribution in [0.3, 0.4) is 0 Å². The summed E-state index contributed by atoms with van der Waals surface area (Å²) in [4.78, 5) is 1.53. The number of benzene rings is 1. The Morgan fingerprint density at radius 2 is 2.00 bits per heavy atom. The molecule has 0 spiro atoms. The Morgan fingerprint density at radius 1 is 1.29 bits per heavy atom. The molecule has 0 bridgehead atoms. The maximum Gasteiger partial charge on any atom is 0.0344 e. The van der Waals surface area contributed by atoms with Crippen molar-refractivity contribution in [3.05, 3.63) is 28.8 Å². The number of nitrogens with one attached hydrogen (secondary N) is 1. The van der Waals surface area contributed by atoms with Gasteiger partial charge in [0, 0.05) is 16.2 Å². The first kappa shape index (κ1) is 13.0. The first-order valence-corrected chi connectivity index (χ1v) is 7.51. The van der Waals surface area contributed by atoms with Gasteiger partial charge in [-0.2, -0.15) is 0 Å². The molecular formula is C15H23NS. The lowest BCUT2D eigenvalue weighted by molar-refractivity contribution is 0.483. The van der Waals surface area contributed by atoms with Crippen LogP contribution in [0.2, 0.25) is 0 Å². The summed E-state index contributed by atoms with van der Waals surface area (Å²) in [6.45, 7) is 10.2. The molecular weight excluding hydrogens is 226 g/mol. The number of fused-ring (bicyclic) bond motifs is 1. The van der Waals surface area contributed by atoms with E-state index in [4.69, 9.17) is 0 Å². The molecule has 1 aromatic carbocycles. The fraction of sp³-hybridized carbons (Fsp3) is 0.600. The van der Waals surface area contributed by atoms with Gasteiger partial charge in [0.15, 0.2) is 0 Å². The van der Waals surface area contributed by atoms with Gasteiger partial charge in [-0.3, -0.25) is 0 Å². The van der Waals surface area contributed by atoms with Crippen LogP contribution >= 0.6 is 11.8 Å². The van der Waals surface area contributed by atoms with E-state index in [1.807, 2.05) is 11.8 Å². The van der Waals surface area contributed by atoms with Crippen LogP contribution in [0.5, 0.6) is 0 Å². The number of hydrogen-bond donors (Lipinski definition) is 1. The zero-order chi connectivity index (χ0) is 12.4. The van der Waals surface area contributed by atoms with Gasteiger partial charge in [0.2, 0.25) is 0 Å². The molecule has 0 saturated carbocycles. The highest BCUT2D eigenvalue weighted by atomic mass is 32.2. The van der Waals surface area contributed by atoms with E-state index in [9.17, 15) is 0 Å². The van der Waals surface area contributed by atoms with Crippen molar-refractivity contribution < 1.29 is 0 Å². The van der Waals surface area contributed by atoms with Crippen molar-refractivity contribution in [2.24, 2.45) is 0 Å². The third kappa shape index (κ3) is 2.69. The Balaban J connectivity index is 2.37. The fourth-order valence-electron chi connectivity index (χ4n) is 2.60. The summed E-state index contributed by atoms with van der Waals surface area (Å²) < 4.78 is 0. The van der Waals surface area contributed by atoms with Crippen molar-refractivity contribution in [2.75, 3.05) is 6.54 Å². The molecule has 1 heterocycles. The lowest BCUT2D eigenvalue weighted by Crippen LogP contribution is -2.28. The third-order valence-electron chi connectivity index (χ3n) is 3.49. The molecule has 2 unspecified atom stereocenters. The highest BCUT2D eigenvalue weighted by Gasteiger charge is 2.27. The molecule has 0 fully saturated rings. The second-order valence-electron chi connectivity index (χ2n) is 5.11. The van der Waals surface area contributed by atoms with Gasteiger partial charge in [0.1, 0.15) is 0 Å². The summed E-state index contributed by atoms with van der Waals surface area (Å²) in [5, 5.41) is 4.43. The van der Waals surface area contributed by atoms with Crippen LogP contribution in [0.15, 0.2) is 17.0 Å². The molecule has 2 heteroatoms. The summed E-state index contributed by atoms with van der Waals surface area (Å²) in [7, 11) is 0. The summed E-state index contributed by atoms with van der Waals surface area (Å²) >= 11 is 2.05. The fourth-order valence-corrected chi connectivity index (χ4v) is 3.97. The Morgan fingerprint density at radius 3 is 2.71 bits per heavy atom. The van der Waals surface area contributed by atoms with E-state index in [0.29, 0.717) is 6.04 Å². The summed E-state index contributed by atoms with van der Waals surface area (Å²) in [5.41, 5.74) is 4.44.